The Hall–Kier alpha value is -3.90. The number of para-hydroxylation sites is 1. The zero-order valence-corrected chi connectivity index (χ0v) is 29.3. The molecule has 6 atom stereocenters. The van der Waals surface area contributed by atoms with Crippen LogP contribution in [0.1, 0.15) is 48.4 Å². The maximum atomic E-state index is 16.4. The highest BCUT2D eigenvalue weighted by molar-refractivity contribution is 6.72. The van der Waals surface area contributed by atoms with Gasteiger partial charge in [0.05, 0.1) is 43.4 Å². The molecule has 4 heterocycles. The van der Waals surface area contributed by atoms with Crippen LogP contribution in [-0.2, 0) is 44.2 Å². The van der Waals surface area contributed by atoms with E-state index in [2.05, 4.69) is 10.6 Å². The predicted octanol–water partition coefficient (Wildman–Crippen LogP) is 5.03. The van der Waals surface area contributed by atoms with Crippen LogP contribution in [0.3, 0.4) is 0 Å². The molecule has 0 aromatic heterocycles. The van der Waals surface area contributed by atoms with Crippen molar-refractivity contribution in [2.75, 3.05) is 23.4 Å². The molecule has 0 unspecified atom stereocenters. The number of hydrogen-bond acceptors (Lipinski definition) is 6. The van der Waals surface area contributed by atoms with Gasteiger partial charge in [-0.3, -0.25) is 14.4 Å². The van der Waals surface area contributed by atoms with Crippen molar-refractivity contribution in [2.45, 2.75) is 88.1 Å². The molecule has 49 heavy (non-hydrogen) atoms. The van der Waals surface area contributed by atoms with Crippen molar-refractivity contribution in [3.63, 3.8) is 0 Å². The van der Waals surface area contributed by atoms with Gasteiger partial charge in [0.2, 0.25) is 20.2 Å². The number of hydrogen-bond donors (Lipinski definition) is 3. The number of ether oxygens (including phenoxy) is 1. The van der Waals surface area contributed by atoms with Crippen molar-refractivity contribution < 1.29 is 28.3 Å². The zero-order chi connectivity index (χ0) is 34.5. The molecule has 3 amide bonds. The van der Waals surface area contributed by atoms with E-state index in [-0.39, 0.29) is 49.4 Å². The van der Waals surface area contributed by atoms with Gasteiger partial charge in [-0.1, -0.05) is 61.5 Å². The van der Waals surface area contributed by atoms with Gasteiger partial charge in [-0.2, -0.15) is 0 Å². The van der Waals surface area contributed by atoms with Gasteiger partial charge < -0.3 is 34.4 Å². The number of anilines is 2. The number of aliphatic hydroxyl groups excluding tert-OH is 1. The first kappa shape index (κ1) is 33.6. The Morgan fingerprint density at radius 2 is 1.84 bits per heavy atom. The van der Waals surface area contributed by atoms with Gasteiger partial charge in [0.15, 0.2) is 5.60 Å². The van der Waals surface area contributed by atoms with Crippen LogP contribution in [0.2, 0.25) is 18.6 Å². The van der Waals surface area contributed by atoms with Crippen LogP contribution >= 0.6 is 0 Å². The quantitative estimate of drug-likeness (QED) is 0.227. The molecule has 3 N–H and O–H groups in total. The number of nitrogens with one attached hydrogen (secondary N) is 2. The second kappa shape index (κ2) is 13.1. The molecule has 0 saturated carbocycles. The van der Waals surface area contributed by atoms with Gasteiger partial charge in [0, 0.05) is 29.3 Å². The monoisotopic (exact) mass is 684 g/mol. The van der Waals surface area contributed by atoms with Gasteiger partial charge in [-0.05, 0) is 73.8 Å². The summed E-state index contributed by atoms with van der Waals surface area (Å²) in [6.45, 7) is 6.39. The molecule has 0 bridgehead atoms. The van der Waals surface area contributed by atoms with Gasteiger partial charge in [0.25, 0.3) is 5.91 Å². The maximum absolute atomic E-state index is 16.4. The standard InChI is InChI=1S/C38H45FN4O5Si/c1-24-35(49(2,3)39)33(20-34(45)42-22-27-12-5-4-11-26(27)19-29(42)23-44)48-38(24)30-14-6-7-16-32(30)43(37(38)47)21-25-10-8-13-28(18-25)41-36(46)31-15-9-17-40-31/h4-8,10-14,16,18,24,29,31,33,35,40,44H,9,15,17,19-23H2,1-3H3,(H,41,46)/t24-,29+,31-,33+,35-,38+/m1/s1. The fourth-order valence-corrected chi connectivity index (χ4v) is 11.3. The summed E-state index contributed by atoms with van der Waals surface area (Å²) in [6.07, 6.45) is 1.41. The van der Waals surface area contributed by atoms with Crippen molar-refractivity contribution in [2.24, 2.45) is 5.92 Å². The van der Waals surface area contributed by atoms with Crippen molar-refractivity contribution >= 4 is 37.5 Å². The number of aliphatic hydroxyl groups is 1. The molecule has 0 aliphatic carbocycles. The molecule has 7 rings (SSSR count). The molecule has 1 spiro atoms. The molecular weight excluding hydrogens is 640 g/mol. The number of rotatable bonds is 8. The molecule has 3 aromatic rings. The van der Waals surface area contributed by atoms with Crippen LogP contribution < -0.4 is 15.5 Å². The van der Waals surface area contributed by atoms with E-state index in [1.54, 1.807) is 22.9 Å². The third-order valence-corrected chi connectivity index (χ3v) is 13.5. The normalized spacial score (nSPS) is 27.8. The molecule has 258 valence electrons. The lowest BCUT2D eigenvalue weighted by atomic mass is 9.82. The van der Waals surface area contributed by atoms with Crippen molar-refractivity contribution in [1.29, 1.82) is 0 Å². The Morgan fingerprint density at radius 1 is 1.08 bits per heavy atom. The predicted molar refractivity (Wildman–Crippen MR) is 188 cm³/mol. The van der Waals surface area contributed by atoms with E-state index in [4.69, 9.17) is 4.74 Å². The molecule has 4 aliphatic rings. The summed E-state index contributed by atoms with van der Waals surface area (Å²) in [6, 6.07) is 22.3. The minimum absolute atomic E-state index is 0.0758. The Bertz CT molecular complexity index is 1760. The highest BCUT2D eigenvalue weighted by Gasteiger charge is 2.67. The SMILES string of the molecule is C[C@@H]1[C@@H]([Si](C)(C)F)[C@H](CC(=O)N2Cc3ccccc3C[C@H]2CO)O[C@@]12C(=O)N(Cc1cccc(NC(=O)[C@H]3CCCN3)c1)c1ccccc12. The van der Waals surface area contributed by atoms with Crippen molar-refractivity contribution in [3.05, 3.63) is 95.1 Å². The average Bonchev–Trinajstić information content (AvgIpc) is 3.78. The molecule has 3 aromatic carbocycles. The van der Waals surface area contributed by atoms with E-state index in [1.807, 2.05) is 79.7 Å². The van der Waals surface area contributed by atoms with E-state index >= 15 is 4.11 Å². The van der Waals surface area contributed by atoms with E-state index in [0.717, 1.165) is 36.1 Å². The summed E-state index contributed by atoms with van der Waals surface area (Å²) in [7, 11) is -3.49. The largest absolute Gasteiger partial charge is 0.394 e. The van der Waals surface area contributed by atoms with E-state index in [1.165, 1.54) is 0 Å². The fourth-order valence-electron chi connectivity index (χ4n) is 8.76. The number of fused-ring (bicyclic) bond motifs is 3. The molecule has 4 aliphatic heterocycles. The third kappa shape index (κ3) is 6.00. The zero-order valence-electron chi connectivity index (χ0n) is 28.3. The maximum Gasteiger partial charge on any atom is 0.264 e. The molecular formula is C38H45FN4O5Si. The van der Waals surface area contributed by atoms with Gasteiger partial charge in [-0.25, -0.2) is 0 Å². The summed E-state index contributed by atoms with van der Waals surface area (Å²) in [5.41, 5.74) is 2.92. The van der Waals surface area contributed by atoms with Crippen LogP contribution in [0.25, 0.3) is 0 Å². The first-order chi connectivity index (χ1) is 23.5. The average molecular weight is 685 g/mol. The third-order valence-electron chi connectivity index (χ3n) is 11.0. The molecule has 2 fully saturated rings. The summed E-state index contributed by atoms with van der Waals surface area (Å²) < 4.78 is 23.2. The van der Waals surface area contributed by atoms with Crippen LogP contribution in [0.15, 0.2) is 72.8 Å². The van der Waals surface area contributed by atoms with E-state index in [9.17, 15) is 19.5 Å². The number of benzene rings is 3. The summed E-state index contributed by atoms with van der Waals surface area (Å²) in [5, 5.41) is 16.5. The first-order valence-corrected chi connectivity index (χ1v) is 20.3. The summed E-state index contributed by atoms with van der Waals surface area (Å²) in [4.78, 5) is 45.0. The minimum atomic E-state index is -3.49. The number of nitrogens with zero attached hydrogens (tertiary/aromatic N) is 2. The lowest BCUT2D eigenvalue weighted by molar-refractivity contribution is -0.151. The number of amides is 3. The second-order valence-corrected chi connectivity index (χ2v) is 18.3. The highest BCUT2D eigenvalue weighted by Crippen LogP contribution is 2.60. The van der Waals surface area contributed by atoms with E-state index in [0.29, 0.717) is 29.9 Å². The Labute approximate surface area is 288 Å². The van der Waals surface area contributed by atoms with E-state index < -0.39 is 31.6 Å². The van der Waals surface area contributed by atoms with Gasteiger partial charge in [0.1, 0.15) is 0 Å². The van der Waals surface area contributed by atoms with Gasteiger partial charge in [-0.15, -0.1) is 0 Å². The Balaban J connectivity index is 1.16. The summed E-state index contributed by atoms with van der Waals surface area (Å²) in [5.74, 6) is -1.10. The van der Waals surface area contributed by atoms with Crippen LogP contribution in [0.4, 0.5) is 15.5 Å². The topological polar surface area (TPSA) is 111 Å². The van der Waals surface area contributed by atoms with Crippen LogP contribution in [-0.4, -0.2) is 67.5 Å². The lowest BCUT2D eigenvalue weighted by Crippen LogP contribution is -2.48. The van der Waals surface area contributed by atoms with Crippen LogP contribution in [0, 0.1) is 5.92 Å². The number of halogens is 1. The van der Waals surface area contributed by atoms with Crippen molar-refractivity contribution in [1.82, 2.24) is 10.2 Å². The smallest absolute Gasteiger partial charge is 0.264 e. The molecule has 2 saturated heterocycles. The minimum Gasteiger partial charge on any atom is -0.394 e. The van der Waals surface area contributed by atoms with Crippen molar-refractivity contribution in [3.8, 4) is 0 Å². The van der Waals surface area contributed by atoms with Crippen LogP contribution in [0.5, 0.6) is 0 Å². The molecule has 0 radical (unpaired) electrons. The Morgan fingerprint density at radius 3 is 2.57 bits per heavy atom. The number of carbonyl (C=O) groups excluding carboxylic acids is 3. The number of carbonyl (C=O) groups is 3. The highest BCUT2D eigenvalue weighted by atomic mass is 28.4. The van der Waals surface area contributed by atoms with Gasteiger partial charge >= 0.3 is 0 Å². The lowest BCUT2D eigenvalue weighted by Gasteiger charge is -2.37. The second-order valence-electron chi connectivity index (χ2n) is 14.6. The summed E-state index contributed by atoms with van der Waals surface area (Å²) >= 11 is 0. The first-order valence-electron chi connectivity index (χ1n) is 17.4. The Kier molecular flexibility index (Phi) is 8.97. The molecule has 11 heteroatoms. The fraction of sp³-hybridized carbons (Fsp3) is 0.447. The molecule has 9 nitrogen and oxygen atoms in total.